The fraction of sp³-hybridized carbons (Fsp3) is 0.750. The molecule has 1 aliphatic heterocycles. The second-order valence-corrected chi connectivity index (χ2v) is 3.98. The summed E-state index contributed by atoms with van der Waals surface area (Å²) in [6, 6.07) is 1.67. The number of hydrogen-bond acceptors (Lipinski definition) is 2. The van der Waals surface area contributed by atoms with E-state index in [2.05, 4.69) is 5.32 Å². The van der Waals surface area contributed by atoms with Gasteiger partial charge in [0.2, 0.25) is 0 Å². The van der Waals surface area contributed by atoms with Gasteiger partial charge >= 0.3 is 6.03 Å². The third-order valence-electron chi connectivity index (χ3n) is 1.50. The molecule has 0 radical (unpaired) electrons. The predicted octanol–water partition coefficient (Wildman–Crippen LogP) is 0.702. The molecule has 4 heteroatoms. The maximum atomic E-state index is 11.3. The topological polar surface area (TPSA) is 55.9 Å². The van der Waals surface area contributed by atoms with E-state index in [0.717, 1.165) is 0 Å². The first-order chi connectivity index (χ1) is 5.44. The number of amides is 2. The van der Waals surface area contributed by atoms with E-state index in [1.807, 2.05) is 26.8 Å². The van der Waals surface area contributed by atoms with Gasteiger partial charge in [-0.3, -0.25) is 0 Å². The SMILES string of the molecule is CC(C)(C)NC(=O)N1C[C@@H]1C#N. The van der Waals surface area contributed by atoms with Crippen LogP contribution < -0.4 is 5.32 Å². The van der Waals surface area contributed by atoms with Crippen LogP contribution in [0.5, 0.6) is 0 Å². The van der Waals surface area contributed by atoms with Crippen molar-refractivity contribution in [3.8, 4) is 6.07 Å². The fourth-order valence-electron chi connectivity index (χ4n) is 0.867. The van der Waals surface area contributed by atoms with E-state index in [4.69, 9.17) is 5.26 Å². The van der Waals surface area contributed by atoms with Crippen molar-refractivity contribution in [3.63, 3.8) is 0 Å². The van der Waals surface area contributed by atoms with E-state index >= 15 is 0 Å². The molecule has 1 heterocycles. The van der Waals surface area contributed by atoms with Crippen LogP contribution >= 0.6 is 0 Å². The Balaban J connectivity index is 2.38. The monoisotopic (exact) mass is 167 g/mol. The largest absolute Gasteiger partial charge is 0.333 e. The molecule has 4 nitrogen and oxygen atoms in total. The first-order valence-corrected chi connectivity index (χ1v) is 3.92. The lowest BCUT2D eigenvalue weighted by Crippen LogP contribution is -2.43. The highest BCUT2D eigenvalue weighted by Crippen LogP contribution is 2.16. The van der Waals surface area contributed by atoms with Crippen LogP contribution in [0, 0.1) is 11.3 Å². The number of carbonyl (C=O) groups is 1. The minimum Gasteiger partial charge on any atom is -0.333 e. The number of nitrogens with zero attached hydrogens (tertiary/aromatic N) is 2. The van der Waals surface area contributed by atoms with Crippen LogP contribution in [0.1, 0.15) is 20.8 Å². The molecule has 1 aliphatic rings. The summed E-state index contributed by atoms with van der Waals surface area (Å²) in [7, 11) is 0. The smallest absolute Gasteiger partial charge is 0.319 e. The van der Waals surface area contributed by atoms with E-state index < -0.39 is 0 Å². The van der Waals surface area contributed by atoms with E-state index in [0.29, 0.717) is 6.54 Å². The number of nitrogens with one attached hydrogen (secondary N) is 1. The first-order valence-electron chi connectivity index (χ1n) is 3.92. The summed E-state index contributed by atoms with van der Waals surface area (Å²) in [5.74, 6) is 0. The summed E-state index contributed by atoms with van der Waals surface area (Å²) in [6.07, 6.45) is 0. The molecule has 0 aromatic heterocycles. The van der Waals surface area contributed by atoms with Crippen molar-refractivity contribution in [1.82, 2.24) is 10.2 Å². The Morgan fingerprint density at radius 3 is 2.58 bits per heavy atom. The molecule has 12 heavy (non-hydrogen) atoms. The van der Waals surface area contributed by atoms with Crippen LogP contribution in [0.15, 0.2) is 0 Å². The van der Waals surface area contributed by atoms with Gasteiger partial charge in [0.15, 0.2) is 0 Å². The third-order valence-corrected chi connectivity index (χ3v) is 1.50. The standard InChI is InChI=1S/C8H13N3O/c1-8(2,3)10-7(12)11-5-6(11)4-9/h6H,5H2,1-3H3,(H,10,12)/t6-,11?/m0/s1. The zero-order valence-electron chi connectivity index (χ0n) is 7.59. The van der Waals surface area contributed by atoms with Crippen LogP contribution in [0.25, 0.3) is 0 Å². The van der Waals surface area contributed by atoms with Gasteiger partial charge in [0.1, 0.15) is 6.04 Å². The van der Waals surface area contributed by atoms with Gasteiger partial charge in [0.25, 0.3) is 0 Å². The number of carbonyl (C=O) groups excluding carboxylic acids is 1. The summed E-state index contributed by atoms with van der Waals surface area (Å²) in [5, 5.41) is 11.2. The van der Waals surface area contributed by atoms with Gasteiger partial charge in [-0.15, -0.1) is 0 Å². The first kappa shape index (κ1) is 8.85. The fourth-order valence-corrected chi connectivity index (χ4v) is 0.867. The zero-order chi connectivity index (χ0) is 9.35. The Kier molecular flexibility index (Phi) is 1.97. The van der Waals surface area contributed by atoms with Crippen molar-refractivity contribution < 1.29 is 4.79 Å². The van der Waals surface area contributed by atoms with Crippen molar-refractivity contribution in [2.45, 2.75) is 32.4 Å². The molecule has 1 saturated heterocycles. The van der Waals surface area contributed by atoms with Gasteiger partial charge in [0, 0.05) is 5.54 Å². The summed E-state index contributed by atoms with van der Waals surface area (Å²) in [5.41, 5.74) is -0.223. The molecular formula is C8H13N3O. The molecule has 2 amide bonds. The lowest BCUT2D eigenvalue weighted by molar-refractivity contribution is 0.219. The van der Waals surface area contributed by atoms with Gasteiger partial charge < -0.3 is 10.2 Å². The molecule has 0 aromatic carbocycles. The molecule has 0 aliphatic carbocycles. The van der Waals surface area contributed by atoms with E-state index in [1.54, 1.807) is 0 Å². The highest BCUT2D eigenvalue weighted by molar-refractivity contribution is 5.78. The van der Waals surface area contributed by atoms with Crippen LogP contribution in [0.3, 0.4) is 0 Å². The van der Waals surface area contributed by atoms with E-state index in [-0.39, 0.29) is 17.6 Å². The quantitative estimate of drug-likeness (QED) is 0.540. The third kappa shape index (κ3) is 2.12. The van der Waals surface area contributed by atoms with E-state index in [1.165, 1.54) is 4.90 Å². The Labute approximate surface area is 72.2 Å². The molecule has 0 aromatic rings. The minimum atomic E-state index is -0.223. The van der Waals surface area contributed by atoms with Crippen LogP contribution in [-0.4, -0.2) is 29.1 Å². The summed E-state index contributed by atoms with van der Waals surface area (Å²) >= 11 is 0. The second kappa shape index (κ2) is 2.67. The molecule has 0 spiro atoms. The molecule has 0 unspecified atom stereocenters. The number of nitriles is 1. The summed E-state index contributed by atoms with van der Waals surface area (Å²) in [4.78, 5) is 12.8. The van der Waals surface area contributed by atoms with Crippen molar-refractivity contribution in [2.24, 2.45) is 0 Å². The average Bonchev–Trinajstić information content (AvgIpc) is 2.60. The molecule has 0 saturated carbocycles. The van der Waals surface area contributed by atoms with Gasteiger partial charge in [0.05, 0.1) is 12.6 Å². The molecule has 1 rings (SSSR count). The van der Waals surface area contributed by atoms with Crippen molar-refractivity contribution >= 4 is 6.03 Å². The van der Waals surface area contributed by atoms with E-state index in [9.17, 15) is 4.79 Å². The molecule has 1 N–H and O–H groups in total. The van der Waals surface area contributed by atoms with Crippen molar-refractivity contribution in [1.29, 1.82) is 5.26 Å². The van der Waals surface area contributed by atoms with Crippen molar-refractivity contribution in [2.75, 3.05) is 6.54 Å². The molecule has 0 bridgehead atoms. The van der Waals surface area contributed by atoms with Gasteiger partial charge in [-0.2, -0.15) is 5.26 Å². The molecule has 1 atom stereocenters. The molecule has 66 valence electrons. The molecule has 1 fully saturated rings. The van der Waals surface area contributed by atoms with Crippen LogP contribution in [0.4, 0.5) is 4.79 Å². The maximum Gasteiger partial charge on any atom is 0.319 e. The van der Waals surface area contributed by atoms with Gasteiger partial charge in [-0.05, 0) is 20.8 Å². The Morgan fingerprint density at radius 2 is 2.25 bits per heavy atom. The van der Waals surface area contributed by atoms with Gasteiger partial charge in [-0.1, -0.05) is 0 Å². The lowest BCUT2D eigenvalue weighted by atomic mass is 10.1. The minimum absolute atomic E-state index is 0.144. The highest BCUT2D eigenvalue weighted by atomic mass is 16.2. The van der Waals surface area contributed by atoms with Gasteiger partial charge in [-0.25, -0.2) is 4.79 Å². The van der Waals surface area contributed by atoms with Crippen LogP contribution in [0.2, 0.25) is 0 Å². The maximum absolute atomic E-state index is 11.3. The number of rotatable bonds is 0. The summed E-state index contributed by atoms with van der Waals surface area (Å²) < 4.78 is 0. The Hall–Kier alpha value is -1.24. The Bertz CT molecular complexity index is 236. The van der Waals surface area contributed by atoms with Crippen LogP contribution in [-0.2, 0) is 0 Å². The predicted molar refractivity (Wildman–Crippen MR) is 44.4 cm³/mol. The highest BCUT2D eigenvalue weighted by Gasteiger charge is 2.39. The summed E-state index contributed by atoms with van der Waals surface area (Å²) in [6.45, 7) is 6.31. The molecular weight excluding hydrogens is 154 g/mol. The average molecular weight is 167 g/mol. The lowest BCUT2D eigenvalue weighted by Gasteiger charge is -2.20. The second-order valence-electron chi connectivity index (χ2n) is 3.98. The van der Waals surface area contributed by atoms with Crippen molar-refractivity contribution in [3.05, 3.63) is 0 Å². The normalized spacial score (nSPS) is 21.5. The number of hydrogen-bond donors (Lipinski definition) is 1. The number of urea groups is 1. The zero-order valence-corrected chi connectivity index (χ0v) is 7.59. The Morgan fingerprint density at radius 1 is 1.67 bits per heavy atom.